The van der Waals surface area contributed by atoms with Gasteiger partial charge in [-0.2, -0.15) is 0 Å². The van der Waals surface area contributed by atoms with Crippen molar-refractivity contribution in [2.45, 2.75) is 12.8 Å². The molecule has 0 aliphatic carbocycles. The summed E-state index contributed by atoms with van der Waals surface area (Å²) in [4.78, 5) is 19.9. The van der Waals surface area contributed by atoms with Gasteiger partial charge in [0.1, 0.15) is 5.75 Å². The summed E-state index contributed by atoms with van der Waals surface area (Å²) in [5, 5.41) is 9.58. The highest BCUT2D eigenvalue weighted by molar-refractivity contribution is 6.30. The van der Waals surface area contributed by atoms with Crippen LogP contribution in [-0.4, -0.2) is 67.4 Å². The topological polar surface area (TPSA) is 61.8 Å². The van der Waals surface area contributed by atoms with Gasteiger partial charge in [-0.1, -0.05) is 29.8 Å². The van der Waals surface area contributed by atoms with Crippen molar-refractivity contribution in [1.82, 2.24) is 15.1 Å². The number of methoxy groups -OCH3 is 1. The van der Waals surface area contributed by atoms with Gasteiger partial charge in [-0.15, -0.1) is 10.2 Å². The molecule has 2 aliphatic rings. The van der Waals surface area contributed by atoms with Crippen molar-refractivity contribution in [3.05, 3.63) is 65.7 Å². The van der Waals surface area contributed by atoms with Crippen molar-refractivity contribution in [1.29, 1.82) is 0 Å². The van der Waals surface area contributed by atoms with Crippen molar-refractivity contribution >= 4 is 29.0 Å². The summed E-state index contributed by atoms with van der Waals surface area (Å²) in [7, 11) is 1.68. The van der Waals surface area contributed by atoms with Crippen LogP contribution in [0.5, 0.6) is 5.75 Å². The zero-order valence-electron chi connectivity index (χ0n) is 19.9. The molecule has 5 rings (SSSR count). The number of aromatic nitrogens is 2. The minimum absolute atomic E-state index is 0.00939. The fourth-order valence-electron chi connectivity index (χ4n) is 4.91. The zero-order valence-corrected chi connectivity index (χ0v) is 20.7. The second-order valence-electron chi connectivity index (χ2n) is 9.08. The van der Waals surface area contributed by atoms with Gasteiger partial charge in [0.15, 0.2) is 5.82 Å². The van der Waals surface area contributed by atoms with E-state index in [1.807, 2.05) is 53.4 Å². The van der Waals surface area contributed by atoms with Crippen LogP contribution in [0, 0.1) is 5.92 Å². The van der Waals surface area contributed by atoms with Crippen LogP contribution in [0.2, 0.25) is 5.02 Å². The van der Waals surface area contributed by atoms with Crippen molar-refractivity contribution in [3.8, 4) is 17.0 Å². The van der Waals surface area contributed by atoms with Crippen LogP contribution in [0.15, 0.2) is 60.7 Å². The first kappa shape index (κ1) is 23.4. The fourth-order valence-corrected chi connectivity index (χ4v) is 5.03. The number of benzene rings is 2. The van der Waals surface area contributed by atoms with E-state index in [1.165, 1.54) is 0 Å². The second-order valence-corrected chi connectivity index (χ2v) is 9.52. The molecule has 2 fully saturated rings. The normalized spacial score (nSPS) is 18.5. The number of rotatable bonds is 5. The summed E-state index contributed by atoms with van der Waals surface area (Å²) >= 11 is 5.99. The largest absolute Gasteiger partial charge is 0.497 e. The molecule has 0 bridgehead atoms. The number of hydrogen-bond donors (Lipinski definition) is 0. The zero-order chi connectivity index (χ0) is 24.2. The van der Waals surface area contributed by atoms with Crippen LogP contribution >= 0.6 is 11.6 Å². The molecule has 3 heterocycles. The first-order valence-corrected chi connectivity index (χ1v) is 12.5. The quantitative estimate of drug-likeness (QED) is 0.528. The number of carbonyl (C=O) groups is 1. The van der Waals surface area contributed by atoms with E-state index in [9.17, 15) is 4.79 Å². The third-order valence-electron chi connectivity index (χ3n) is 6.89. The number of amides is 1. The van der Waals surface area contributed by atoms with Gasteiger partial charge in [-0.25, -0.2) is 0 Å². The van der Waals surface area contributed by atoms with Gasteiger partial charge in [0.25, 0.3) is 0 Å². The molecule has 2 saturated heterocycles. The van der Waals surface area contributed by atoms with E-state index in [2.05, 4.69) is 32.1 Å². The third kappa shape index (κ3) is 5.35. The molecule has 35 heavy (non-hydrogen) atoms. The summed E-state index contributed by atoms with van der Waals surface area (Å²) in [6.45, 7) is 4.70. The van der Waals surface area contributed by atoms with E-state index < -0.39 is 0 Å². The summed E-state index contributed by atoms with van der Waals surface area (Å²) in [5.41, 5.74) is 2.93. The molecule has 0 N–H and O–H groups in total. The lowest BCUT2D eigenvalue weighted by Gasteiger charge is -2.40. The molecular formula is C27H30ClN5O2. The predicted molar refractivity (Wildman–Crippen MR) is 139 cm³/mol. The Balaban J connectivity index is 1.18. The Morgan fingerprint density at radius 2 is 1.74 bits per heavy atom. The average Bonchev–Trinajstić information content (AvgIpc) is 2.93. The number of carbonyl (C=O) groups excluding carboxylic acids is 1. The standard InChI is InChI=1S/C27H30ClN5O2/c1-35-24-6-2-5-23(18-24)31-14-16-32(17-15-31)27(34)21-4-3-13-33(19-21)26-12-11-25(29-30-26)20-7-9-22(28)10-8-20/h2,5-12,18,21H,3-4,13-17,19H2,1H3. The van der Waals surface area contributed by atoms with Gasteiger partial charge in [-0.05, 0) is 49.2 Å². The molecule has 8 heteroatoms. The first-order valence-electron chi connectivity index (χ1n) is 12.1. The maximum atomic E-state index is 13.4. The van der Waals surface area contributed by atoms with Gasteiger partial charge in [0.2, 0.25) is 5.91 Å². The lowest BCUT2D eigenvalue weighted by atomic mass is 9.96. The summed E-state index contributed by atoms with van der Waals surface area (Å²) in [6, 6.07) is 19.7. The summed E-state index contributed by atoms with van der Waals surface area (Å²) < 4.78 is 5.35. The number of ether oxygens (including phenoxy) is 1. The molecular weight excluding hydrogens is 462 g/mol. The summed E-state index contributed by atoms with van der Waals surface area (Å²) in [5.74, 6) is 1.92. The fraction of sp³-hybridized carbons (Fsp3) is 0.370. The van der Waals surface area contributed by atoms with E-state index in [1.54, 1.807) is 7.11 Å². The highest BCUT2D eigenvalue weighted by atomic mass is 35.5. The lowest BCUT2D eigenvalue weighted by molar-refractivity contribution is -0.136. The average molecular weight is 492 g/mol. The van der Waals surface area contributed by atoms with Crippen LogP contribution in [0.4, 0.5) is 11.5 Å². The molecule has 1 aromatic heterocycles. The van der Waals surface area contributed by atoms with Crippen LogP contribution in [-0.2, 0) is 4.79 Å². The highest BCUT2D eigenvalue weighted by Crippen LogP contribution is 2.27. The lowest BCUT2D eigenvalue weighted by Crippen LogP contribution is -2.52. The molecule has 0 spiro atoms. The third-order valence-corrected chi connectivity index (χ3v) is 7.15. The van der Waals surface area contributed by atoms with Crippen molar-refractivity contribution in [2.75, 3.05) is 56.2 Å². The van der Waals surface area contributed by atoms with Gasteiger partial charge in [0, 0.05) is 61.6 Å². The second kappa shape index (κ2) is 10.5. The number of hydrogen-bond acceptors (Lipinski definition) is 6. The van der Waals surface area contributed by atoms with E-state index in [-0.39, 0.29) is 11.8 Å². The smallest absolute Gasteiger partial charge is 0.227 e. The number of anilines is 2. The number of piperazine rings is 1. The molecule has 3 aromatic rings. The Bertz CT molecular complexity index is 1150. The van der Waals surface area contributed by atoms with E-state index in [4.69, 9.17) is 16.3 Å². The molecule has 1 atom stereocenters. The number of nitrogens with zero attached hydrogens (tertiary/aromatic N) is 5. The van der Waals surface area contributed by atoms with E-state index in [0.717, 1.165) is 74.1 Å². The van der Waals surface area contributed by atoms with E-state index >= 15 is 0 Å². The molecule has 2 aliphatic heterocycles. The monoisotopic (exact) mass is 491 g/mol. The van der Waals surface area contributed by atoms with Gasteiger partial charge in [0.05, 0.1) is 18.7 Å². The Hall–Kier alpha value is -3.32. The molecule has 182 valence electrons. The molecule has 0 radical (unpaired) electrons. The Kier molecular flexibility index (Phi) is 7.04. The summed E-state index contributed by atoms with van der Waals surface area (Å²) in [6.07, 6.45) is 1.89. The minimum Gasteiger partial charge on any atom is -0.497 e. The van der Waals surface area contributed by atoms with Crippen molar-refractivity contribution < 1.29 is 9.53 Å². The Labute approximate surface area is 211 Å². The maximum Gasteiger partial charge on any atom is 0.227 e. The van der Waals surface area contributed by atoms with Gasteiger partial charge in [-0.3, -0.25) is 4.79 Å². The highest BCUT2D eigenvalue weighted by Gasteiger charge is 2.31. The molecule has 1 amide bonds. The molecule has 7 nitrogen and oxygen atoms in total. The number of halogens is 1. The Morgan fingerprint density at radius 3 is 2.46 bits per heavy atom. The molecule has 2 aromatic carbocycles. The SMILES string of the molecule is COc1cccc(N2CCN(C(=O)C3CCCN(c4ccc(-c5ccc(Cl)cc5)nn4)C3)CC2)c1. The van der Waals surface area contributed by atoms with Crippen LogP contribution in [0.25, 0.3) is 11.3 Å². The van der Waals surface area contributed by atoms with Crippen LogP contribution in [0.1, 0.15) is 12.8 Å². The Morgan fingerprint density at radius 1 is 0.943 bits per heavy atom. The molecule has 1 unspecified atom stereocenters. The minimum atomic E-state index is -0.00939. The molecule has 0 saturated carbocycles. The van der Waals surface area contributed by atoms with Crippen LogP contribution in [0.3, 0.4) is 0 Å². The first-order chi connectivity index (χ1) is 17.1. The predicted octanol–water partition coefficient (Wildman–Crippen LogP) is 4.37. The van der Waals surface area contributed by atoms with Gasteiger partial charge < -0.3 is 19.4 Å². The van der Waals surface area contributed by atoms with Crippen molar-refractivity contribution in [3.63, 3.8) is 0 Å². The van der Waals surface area contributed by atoms with E-state index in [0.29, 0.717) is 11.6 Å². The number of piperidine rings is 1. The maximum absolute atomic E-state index is 13.4. The van der Waals surface area contributed by atoms with Gasteiger partial charge >= 0.3 is 0 Å². The van der Waals surface area contributed by atoms with Crippen LogP contribution < -0.4 is 14.5 Å². The van der Waals surface area contributed by atoms with Crippen molar-refractivity contribution in [2.24, 2.45) is 5.92 Å².